The molecule has 1 heterocycles. The number of para-hydroxylation sites is 1. The topological polar surface area (TPSA) is 64.8 Å². The average Bonchev–Trinajstić information content (AvgIpc) is 2.46. The summed E-state index contributed by atoms with van der Waals surface area (Å²) in [6, 6.07) is 5.59. The van der Waals surface area contributed by atoms with Crippen LogP contribution in [0, 0.1) is 5.92 Å². The molecule has 22 heavy (non-hydrogen) atoms. The molecule has 0 spiro atoms. The van der Waals surface area contributed by atoms with E-state index in [0.717, 1.165) is 17.9 Å². The van der Waals surface area contributed by atoms with Gasteiger partial charge in [-0.3, -0.25) is 4.79 Å². The monoisotopic (exact) mass is 306 g/mol. The SMILES string of the molecule is CCC(C)OC(=O)CN1CC(C(C)C)Oc2cccc(N)c21. The van der Waals surface area contributed by atoms with E-state index in [9.17, 15) is 4.79 Å². The van der Waals surface area contributed by atoms with E-state index in [-0.39, 0.29) is 24.7 Å². The Kier molecular flexibility index (Phi) is 5.16. The first-order valence-corrected chi connectivity index (χ1v) is 7.92. The molecular weight excluding hydrogens is 280 g/mol. The lowest BCUT2D eigenvalue weighted by atomic mass is 10.0. The van der Waals surface area contributed by atoms with Gasteiger partial charge in [-0.25, -0.2) is 0 Å². The summed E-state index contributed by atoms with van der Waals surface area (Å²) < 4.78 is 11.4. The van der Waals surface area contributed by atoms with E-state index in [1.807, 2.05) is 36.9 Å². The Labute approximate surface area is 132 Å². The fourth-order valence-corrected chi connectivity index (χ4v) is 2.47. The molecule has 1 aromatic rings. The minimum atomic E-state index is -0.229. The number of nitrogens with zero attached hydrogens (tertiary/aromatic N) is 1. The zero-order valence-corrected chi connectivity index (χ0v) is 13.8. The number of hydrogen-bond donors (Lipinski definition) is 1. The smallest absolute Gasteiger partial charge is 0.325 e. The molecule has 0 bridgehead atoms. The predicted molar refractivity (Wildman–Crippen MR) is 88.2 cm³/mol. The summed E-state index contributed by atoms with van der Waals surface area (Å²) in [5, 5.41) is 0. The van der Waals surface area contributed by atoms with Gasteiger partial charge in [0.05, 0.1) is 18.3 Å². The van der Waals surface area contributed by atoms with Gasteiger partial charge in [0.2, 0.25) is 0 Å². The van der Waals surface area contributed by atoms with Crippen molar-refractivity contribution in [1.29, 1.82) is 0 Å². The summed E-state index contributed by atoms with van der Waals surface area (Å²) in [5.41, 5.74) is 7.50. The quantitative estimate of drug-likeness (QED) is 0.669. The number of nitrogens with two attached hydrogens (primary N) is 1. The molecule has 1 aliphatic rings. The lowest BCUT2D eigenvalue weighted by molar-refractivity contribution is -0.146. The molecule has 0 saturated heterocycles. The molecule has 1 aromatic carbocycles. The predicted octanol–water partition coefficient (Wildman–Crippen LogP) is 2.83. The number of carbonyl (C=O) groups is 1. The van der Waals surface area contributed by atoms with Crippen molar-refractivity contribution in [2.75, 3.05) is 23.7 Å². The van der Waals surface area contributed by atoms with Gasteiger partial charge in [0, 0.05) is 0 Å². The van der Waals surface area contributed by atoms with Gasteiger partial charge in [-0.15, -0.1) is 0 Å². The standard InChI is InChI=1S/C17H26N2O3/c1-5-12(4)21-16(20)10-19-9-15(11(2)3)22-14-8-6-7-13(18)17(14)19/h6-8,11-12,15H,5,9-10,18H2,1-4H3. The van der Waals surface area contributed by atoms with Crippen molar-refractivity contribution in [3.05, 3.63) is 18.2 Å². The molecule has 2 N–H and O–H groups in total. The van der Waals surface area contributed by atoms with E-state index >= 15 is 0 Å². The third-order valence-electron chi connectivity index (χ3n) is 4.00. The Balaban J connectivity index is 2.20. The van der Waals surface area contributed by atoms with Gasteiger partial charge < -0.3 is 20.1 Å². The van der Waals surface area contributed by atoms with Crippen molar-refractivity contribution in [2.24, 2.45) is 5.92 Å². The molecule has 1 aliphatic heterocycles. The minimum absolute atomic E-state index is 0.0331. The fourth-order valence-electron chi connectivity index (χ4n) is 2.47. The third-order valence-corrected chi connectivity index (χ3v) is 4.00. The molecule has 0 fully saturated rings. The number of nitrogen functional groups attached to an aromatic ring is 1. The van der Waals surface area contributed by atoms with Gasteiger partial charge >= 0.3 is 5.97 Å². The number of esters is 1. The molecule has 0 aliphatic carbocycles. The molecule has 2 rings (SSSR count). The molecular formula is C17H26N2O3. The average molecular weight is 306 g/mol. The molecule has 0 amide bonds. The maximum absolute atomic E-state index is 12.1. The summed E-state index contributed by atoms with van der Waals surface area (Å²) in [6.45, 7) is 8.94. The highest BCUT2D eigenvalue weighted by Crippen LogP contribution is 2.39. The molecule has 0 aromatic heterocycles. The number of carbonyl (C=O) groups excluding carboxylic acids is 1. The van der Waals surface area contributed by atoms with Crippen LogP contribution in [0.5, 0.6) is 5.75 Å². The van der Waals surface area contributed by atoms with Gasteiger partial charge in [-0.05, 0) is 31.4 Å². The first-order valence-electron chi connectivity index (χ1n) is 7.92. The number of anilines is 2. The highest BCUT2D eigenvalue weighted by atomic mass is 16.5. The van der Waals surface area contributed by atoms with Crippen molar-refractivity contribution < 1.29 is 14.3 Å². The summed E-state index contributed by atoms with van der Waals surface area (Å²) in [4.78, 5) is 14.1. The van der Waals surface area contributed by atoms with Crippen LogP contribution in [-0.4, -0.2) is 31.3 Å². The van der Waals surface area contributed by atoms with Gasteiger partial charge in [0.1, 0.15) is 24.1 Å². The van der Waals surface area contributed by atoms with E-state index in [1.54, 1.807) is 0 Å². The second-order valence-electron chi connectivity index (χ2n) is 6.18. The normalized spacial score (nSPS) is 18.6. The van der Waals surface area contributed by atoms with Crippen molar-refractivity contribution >= 4 is 17.3 Å². The summed E-state index contributed by atoms with van der Waals surface area (Å²) in [5.74, 6) is 0.858. The van der Waals surface area contributed by atoms with Crippen molar-refractivity contribution in [3.63, 3.8) is 0 Å². The Hall–Kier alpha value is -1.91. The molecule has 5 nitrogen and oxygen atoms in total. The second-order valence-corrected chi connectivity index (χ2v) is 6.18. The maximum Gasteiger partial charge on any atom is 0.325 e. The van der Waals surface area contributed by atoms with E-state index < -0.39 is 0 Å². The number of ether oxygens (including phenoxy) is 2. The maximum atomic E-state index is 12.1. The van der Waals surface area contributed by atoms with E-state index in [0.29, 0.717) is 18.2 Å². The molecule has 5 heteroatoms. The van der Waals surface area contributed by atoms with Crippen LogP contribution in [0.4, 0.5) is 11.4 Å². The first kappa shape index (κ1) is 16.5. The molecule has 0 saturated carbocycles. The summed E-state index contributed by atoms with van der Waals surface area (Å²) >= 11 is 0. The van der Waals surface area contributed by atoms with E-state index in [4.69, 9.17) is 15.2 Å². The van der Waals surface area contributed by atoms with E-state index in [2.05, 4.69) is 13.8 Å². The number of rotatable bonds is 5. The van der Waals surface area contributed by atoms with Gasteiger partial charge in [0.25, 0.3) is 0 Å². The summed E-state index contributed by atoms with van der Waals surface area (Å²) in [7, 11) is 0. The minimum Gasteiger partial charge on any atom is -0.486 e. The van der Waals surface area contributed by atoms with Crippen LogP contribution in [0.2, 0.25) is 0 Å². The Morgan fingerprint density at radius 2 is 2.18 bits per heavy atom. The van der Waals surface area contributed by atoms with Crippen LogP contribution in [0.1, 0.15) is 34.1 Å². The van der Waals surface area contributed by atoms with Crippen LogP contribution in [-0.2, 0) is 9.53 Å². The second kappa shape index (κ2) is 6.90. The van der Waals surface area contributed by atoms with Crippen LogP contribution >= 0.6 is 0 Å². The lowest BCUT2D eigenvalue weighted by Crippen LogP contribution is -2.45. The largest absolute Gasteiger partial charge is 0.486 e. The van der Waals surface area contributed by atoms with Crippen LogP contribution in [0.3, 0.4) is 0 Å². The highest BCUT2D eigenvalue weighted by molar-refractivity contribution is 5.82. The van der Waals surface area contributed by atoms with Crippen LogP contribution in [0.15, 0.2) is 18.2 Å². The molecule has 2 atom stereocenters. The summed E-state index contributed by atoms with van der Waals surface area (Å²) in [6.07, 6.45) is 0.773. The number of benzene rings is 1. The Morgan fingerprint density at radius 3 is 2.82 bits per heavy atom. The van der Waals surface area contributed by atoms with Crippen LogP contribution < -0.4 is 15.4 Å². The van der Waals surface area contributed by atoms with Crippen LogP contribution in [0.25, 0.3) is 0 Å². The van der Waals surface area contributed by atoms with E-state index in [1.165, 1.54) is 0 Å². The Bertz CT molecular complexity index is 531. The zero-order chi connectivity index (χ0) is 16.3. The Morgan fingerprint density at radius 1 is 1.45 bits per heavy atom. The van der Waals surface area contributed by atoms with Crippen molar-refractivity contribution in [1.82, 2.24) is 0 Å². The van der Waals surface area contributed by atoms with Crippen molar-refractivity contribution in [3.8, 4) is 5.75 Å². The van der Waals surface area contributed by atoms with Crippen molar-refractivity contribution in [2.45, 2.75) is 46.3 Å². The lowest BCUT2D eigenvalue weighted by Gasteiger charge is -2.38. The highest BCUT2D eigenvalue weighted by Gasteiger charge is 2.30. The first-order chi connectivity index (χ1) is 10.4. The number of fused-ring (bicyclic) bond motifs is 1. The van der Waals surface area contributed by atoms with Gasteiger partial charge in [-0.1, -0.05) is 26.8 Å². The molecule has 2 unspecified atom stereocenters. The zero-order valence-electron chi connectivity index (χ0n) is 13.8. The van der Waals surface area contributed by atoms with Gasteiger partial charge in [0.15, 0.2) is 0 Å². The molecule has 122 valence electrons. The molecule has 0 radical (unpaired) electrons. The number of hydrogen-bond acceptors (Lipinski definition) is 5. The third kappa shape index (κ3) is 3.64. The van der Waals surface area contributed by atoms with Gasteiger partial charge in [-0.2, -0.15) is 0 Å². The fraction of sp³-hybridized carbons (Fsp3) is 0.588.